The topological polar surface area (TPSA) is 62.1 Å². The lowest BCUT2D eigenvalue weighted by Crippen LogP contribution is -2.43. The van der Waals surface area contributed by atoms with Crippen molar-refractivity contribution in [1.82, 2.24) is 5.32 Å². The Bertz CT molecular complexity index is 534. The molecule has 0 unspecified atom stereocenters. The molecule has 0 aromatic heterocycles. The summed E-state index contributed by atoms with van der Waals surface area (Å²) < 4.78 is 5.70. The average Bonchev–Trinajstić information content (AvgIpc) is 2.87. The second-order valence-electron chi connectivity index (χ2n) is 5.45. The molecule has 1 aliphatic rings. The van der Waals surface area contributed by atoms with Gasteiger partial charge >= 0.3 is 0 Å². The van der Waals surface area contributed by atoms with Crippen LogP contribution < -0.4 is 5.32 Å². The molecule has 0 saturated carbocycles. The van der Waals surface area contributed by atoms with Gasteiger partial charge in [-0.2, -0.15) is 5.26 Å². The second-order valence-corrected chi connectivity index (χ2v) is 5.88. The van der Waals surface area contributed by atoms with Crippen LogP contribution in [0.25, 0.3) is 0 Å². The van der Waals surface area contributed by atoms with Gasteiger partial charge in [0.25, 0.3) is 0 Å². The van der Waals surface area contributed by atoms with Gasteiger partial charge in [-0.25, -0.2) is 0 Å². The van der Waals surface area contributed by atoms with Gasteiger partial charge in [0.15, 0.2) is 0 Å². The Hall–Kier alpha value is -1.57. The average molecular weight is 293 g/mol. The smallest absolute Gasteiger partial charge is 0.240 e. The van der Waals surface area contributed by atoms with Gasteiger partial charge < -0.3 is 10.1 Å². The molecule has 1 aromatic rings. The Kier molecular flexibility index (Phi) is 4.32. The van der Waals surface area contributed by atoms with Gasteiger partial charge in [0.1, 0.15) is 11.5 Å². The number of benzene rings is 1. The van der Waals surface area contributed by atoms with E-state index in [0.717, 1.165) is 12.0 Å². The van der Waals surface area contributed by atoms with E-state index < -0.39 is 5.41 Å². The first-order valence-corrected chi connectivity index (χ1v) is 6.91. The third-order valence-corrected chi connectivity index (χ3v) is 3.71. The number of carbonyl (C=O) groups is 1. The summed E-state index contributed by atoms with van der Waals surface area (Å²) in [5.74, 6) is -0.269. The van der Waals surface area contributed by atoms with Crippen LogP contribution in [0.5, 0.6) is 0 Å². The summed E-state index contributed by atoms with van der Waals surface area (Å²) >= 11 is 5.87. The summed E-state index contributed by atoms with van der Waals surface area (Å²) in [7, 11) is 0. The molecule has 5 heteroatoms. The van der Waals surface area contributed by atoms with E-state index in [2.05, 4.69) is 5.32 Å². The van der Waals surface area contributed by atoms with Crippen LogP contribution in [0, 0.1) is 16.7 Å². The predicted octanol–water partition coefficient (Wildman–Crippen LogP) is 2.84. The van der Waals surface area contributed by atoms with Crippen LogP contribution in [-0.2, 0) is 9.53 Å². The SMILES string of the molecule is CC(C)(C#N)C(=O)N[C@H]1CCO[C@@H]1c1ccc(Cl)cc1. The third kappa shape index (κ3) is 3.12. The molecule has 106 valence electrons. The number of nitrogens with zero attached hydrogens (tertiary/aromatic N) is 1. The fraction of sp³-hybridized carbons (Fsp3) is 0.467. The maximum atomic E-state index is 12.1. The number of carbonyl (C=O) groups excluding carboxylic acids is 1. The summed E-state index contributed by atoms with van der Waals surface area (Å²) in [5, 5.41) is 12.6. The van der Waals surface area contributed by atoms with Crippen LogP contribution >= 0.6 is 11.6 Å². The fourth-order valence-electron chi connectivity index (χ4n) is 2.12. The van der Waals surface area contributed by atoms with Crippen molar-refractivity contribution < 1.29 is 9.53 Å². The lowest BCUT2D eigenvalue weighted by Gasteiger charge is -2.23. The van der Waals surface area contributed by atoms with E-state index in [1.54, 1.807) is 26.0 Å². The van der Waals surface area contributed by atoms with Crippen molar-refractivity contribution in [2.45, 2.75) is 32.4 Å². The molecule has 4 nitrogen and oxygen atoms in total. The standard InChI is InChI=1S/C15H17ClN2O2/c1-15(2,9-17)14(19)18-12-7-8-20-13(12)10-3-5-11(16)6-4-10/h3-6,12-13H,7-8H2,1-2H3,(H,18,19)/t12-,13+/m0/s1. The molecule has 2 atom stereocenters. The highest BCUT2D eigenvalue weighted by Crippen LogP contribution is 2.30. The first-order valence-electron chi connectivity index (χ1n) is 6.53. The van der Waals surface area contributed by atoms with Crippen molar-refractivity contribution in [3.05, 3.63) is 34.9 Å². The van der Waals surface area contributed by atoms with Gasteiger partial charge in [-0.15, -0.1) is 0 Å². The highest BCUT2D eigenvalue weighted by atomic mass is 35.5. The van der Waals surface area contributed by atoms with E-state index in [9.17, 15) is 4.79 Å². The van der Waals surface area contributed by atoms with E-state index in [0.29, 0.717) is 11.6 Å². The molecule has 0 spiro atoms. The number of rotatable bonds is 3. The molecule has 0 radical (unpaired) electrons. The van der Waals surface area contributed by atoms with Gasteiger partial charge in [-0.05, 0) is 38.0 Å². The monoisotopic (exact) mass is 292 g/mol. The number of hydrogen-bond acceptors (Lipinski definition) is 3. The van der Waals surface area contributed by atoms with Crippen molar-refractivity contribution in [3.63, 3.8) is 0 Å². The minimum atomic E-state index is -1.03. The van der Waals surface area contributed by atoms with Crippen LogP contribution in [-0.4, -0.2) is 18.6 Å². The molecule has 0 bridgehead atoms. The van der Waals surface area contributed by atoms with Gasteiger partial charge in [-0.1, -0.05) is 23.7 Å². The first kappa shape index (κ1) is 14.8. The zero-order valence-electron chi connectivity index (χ0n) is 11.5. The Balaban J connectivity index is 2.10. The van der Waals surface area contributed by atoms with Gasteiger partial charge in [0.05, 0.1) is 12.1 Å². The summed E-state index contributed by atoms with van der Waals surface area (Å²) in [6, 6.07) is 9.29. The predicted molar refractivity (Wildman–Crippen MR) is 76.1 cm³/mol. The van der Waals surface area contributed by atoms with Crippen LogP contribution in [0.15, 0.2) is 24.3 Å². The summed E-state index contributed by atoms with van der Waals surface area (Å²) in [5.41, 5.74) is -0.0559. The lowest BCUT2D eigenvalue weighted by atomic mass is 9.93. The van der Waals surface area contributed by atoms with Crippen molar-refractivity contribution in [2.24, 2.45) is 5.41 Å². The third-order valence-electron chi connectivity index (χ3n) is 3.45. The van der Waals surface area contributed by atoms with Crippen molar-refractivity contribution in [1.29, 1.82) is 5.26 Å². The molecule has 1 aliphatic heterocycles. The Morgan fingerprint density at radius 3 is 2.70 bits per heavy atom. The fourth-order valence-corrected chi connectivity index (χ4v) is 2.24. The minimum absolute atomic E-state index is 0.115. The lowest BCUT2D eigenvalue weighted by molar-refractivity contribution is -0.128. The van der Waals surface area contributed by atoms with Crippen LogP contribution in [0.3, 0.4) is 0 Å². The molecule has 1 heterocycles. The molecule has 1 fully saturated rings. The van der Waals surface area contributed by atoms with E-state index in [4.69, 9.17) is 21.6 Å². The Labute approximate surface area is 123 Å². The zero-order valence-corrected chi connectivity index (χ0v) is 12.3. The van der Waals surface area contributed by atoms with Crippen molar-refractivity contribution in [3.8, 4) is 6.07 Å². The maximum absolute atomic E-state index is 12.1. The molecule has 0 aliphatic carbocycles. The molecule has 2 rings (SSSR count). The van der Waals surface area contributed by atoms with E-state index in [1.807, 2.05) is 18.2 Å². The largest absolute Gasteiger partial charge is 0.371 e. The van der Waals surface area contributed by atoms with E-state index >= 15 is 0 Å². The quantitative estimate of drug-likeness (QED) is 0.932. The normalized spacial score (nSPS) is 22.3. The number of hydrogen-bond donors (Lipinski definition) is 1. The Morgan fingerprint density at radius 2 is 2.10 bits per heavy atom. The van der Waals surface area contributed by atoms with Crippen LogP contribution in [0.4, 0.5) is 0 Å². The first-order chi connectivity index (χ1) is 9.44. The molecule has 1 N–H and O–H groups in total. The highest BCUT2D eigenvalue weighted by molar-refractivity contribution is 6.30. The molecular weight excluding hydrogens is 276 g/mol. The number of halogens is 1. The summed E-state index contributed by atoms with van der Waals surface area (Å²) in [6.07, 6.45) is 0.547. The van der Waals surface area contributed by atoms with Gasteiger partial charge in [-0.3, -0.25) is 4.79 Å². The molecular formula is C15H17ClN2O2. The van der Waals surface area contributed by atoms with Crippen LogP contribution in [0.1, 0.15) is 31.9 Å². The minimum Gasteiger partial charge on any atom is -0.371 e. The molecule has 1 aromatic carbocycles. The number of amides is 1. The van der Waals surface area contributed by atoms with Crippen molar-refractivity contribution >= 4 is 17.5 Å². The second kappa shape index (κ2) is 5.82. The van der Waals surface area contributed by atoms with E-state index in [1.165, 1.54) is 0 Å². The summed E-state index contributed by atoms with van der Waals surface area (Å²) in [4.78, 5) is 12.1. The van der Waals surface area contributed by atoms with Gasteiger partial charge in [0.2, 0.25) is 5.91 Å². The Morgan fingerprint density at radius 1 is 1.45 bits per heavy atom. The van der Waals surface area contributed by atoms with Crippen molar-refractivity contribution in [2.75, 3.05) is 6.61 Å². The number of nitriles is 1. The van der Waals surface area contributed by atoms with E-state index in [-0.39, 0.29) is 18.1 Å². The maximum Gasteiger partial charge on any atom is 0.240 e. The number of nitrogens with one attached hydrogen (secondary N) is 1. The summed E-state index contributed by atoms with van der Waals surface area (Å²) in [6.45, 7) is 3.80. The highest BCUT2D eigenvalue weighted by Gasteiger charge is 2.35. The van der Waals surface area contributed by atoms with Gasteiger partial charge in [0, 0.05) is 11.6 Å². The molecule has 1 saturated heterocycles. The van der Waals surface area contributed by atoms with Crippen LogP contribution in [0.2, 0.25) is 5.02 Å². The number of ether oxygens (including phenoxy) is 1. The molecule has 20 heavy (non-hydrogen) atoms. The zero-order chi connectivity index (χ0) is 14.8. The molecule has 1 amide bonds.